The standard InChI is InChI=1S/C3H9O6P3/c1-10(4)7-11(2,5)9-12(3,6)8-10/h1-3H3. The number of hydrogen-bond donors (Lipinski definition) is 0. The molecule has 0 saturated carbocycles. The second kappa shape index (κ2) is 2.78. The first-order chi connectivity index (χ1) is 5.12. The first kappa shape index (κ1) is 10.6. The molecule has 0 amide bonds. The van der Waals surface area contributed by atoms with E-state index in [9.17, 15) is 13.7 Å². The predicted octanol–water partition coefficient (Wildman–Crippen LogP) is 2.52. The van der Waals surface area contributed by atoms with E-state index in [0.717, 1.165) is 20.0 Å². The Labute approximate surface area is 70.2 Å². The van der Waals surface area contributed by atoms with Crippen molar-refractivity contribution in [2.75, 3.05) is 20.0 Å². The third-order valence-electron chi connectivity index (χ3n) is 0.890. The molecule has 1 heterocycles. The van der Waals surface area contributed by atoms with Crippen LogP contribution in [0.5, 0.6) is 0 Å². The molecule has 0 aromatic heterocycles. The molecule has 1 rings (SSSR count). The van der Waals surface area contributed by atoms with Crippen LogP contribution in [0.25, 0.3) is 0 Å². The molecule has 0 aromatic carbocycles. The van der Waals surface area contributed by atoms with Crippen LogP contribution < -0.4 is 0 Å². The van der Waals surface area contributed by atoms with Gasteiger partial charge in [0.2, 0.25) is 0 Å². The Kier molecular flexibility index (Phi) is 2.47. The van der Waals surface area contributed by atoms with Crippen LogP contribution in [-0.4, -0.2) is 20.0 Å². The minimum absolute atomic E-state index is 1.10. The first-order valence-corrected chi connectivity index (χ1v) is 8.95. The van der Waals surface area contributed by atoms with Gasteiger partial charge in [0.15, 0.2) is 0 Å². The molecule has 12 heavy (non-hydrogen) atoms. The fourth-order valence-electron chi connectivity index (χ4n) is 0.853. The van der Waals surface area contributed by atoms with Gasteiger partial charge >= 0.3 is 22.8 Å². The Morgan fingerprint density at radius 2 is 0.833 bits per heavy atom. The minimum Gasteiger partial charge on any atom is -0.259 e. The Morgan fingerprint density at radius 3 is 1.00 bits per heavy atom. The maximum atomic E-state index is 11.2. The zero-order valence-corrected chi connectivity index (χ0v) is 9.47. The van der Waals surface area contributed by atoms with Crippen molar-refractivity contribution in [3.63, 3.8) is 0 Å². The Balaban J connectivity index is 3.05. The van der Waals surface area contributed by atoms with Crippen LogP contribution in [0.15, 0.2) is 0 Å². The van der Waals surface area contributed by atoms with Gasteiger partial charge in [-0.05, 0) is 0 Å². The molecule has 1 saturated heterocycles. The van der Waals surface area contributed by atoms with E-state index in [2.05, 4.69) is 12.9 Å². The van der Waals surface area contributed by atoms with Crippen molar-refractivity contribution in [2.45, 2.75) is 0 Å². The third-order valence-corrected chi connectivity index (χ3v) is 8.01. The van der Waals surface area contributed by atoms with Gasteiger partial charge in [0.05, 0.1) is 0 Å². The van der Waals surface area contributed by atoms with Gasteiger partial charge < -0.3 is 0 Å². The van der Waals surface area contributed by atoms with E-state index in [1.165, 1.54) is 0 Å². The fraction of sp³-hybridized carbons (Fsp3) is 1.00. The van der Waals surface area contributed by atoms with E-state index in [1.54, 1.807) is 0 Å². The molecular weight excluding hydrogens is 225 g/mol. The van der Waals surface area contributed by atoms with Crippen LogP contribution in [0.1, 0.15) is 0 Å². The quantitative estimate of drug-likeness (QED) is 0.599. The van der Waals surface area contributed by atoms with Gasteiger partial charge in [-0.15, -0.1) is 0 Å². The van der Waals surface area contributed by atoms with Crippen molar-refractivity contribution in [1.82, 2.24) is 0 Å². The summed E-state index contributed by atoms with van der Waals surface area (Å²) in [6.45, 7) is 3.30. The van der Waals surface area contributed by atoms with Gasteiger partial charge in [-0.1, -0.05) is 0 Å². The lowest BCUT2D eigenvalue weighted by molar-refractivity contribution is 0.288. The highest BCUT2D eigenvalue weighted by atomic mass is 31.3. The predicted molar refractivity (Wildman–Crippen MR) is 43.8 cm³/mol. The van der Waals surface area contributed by atoms with Crippen molar-refractivity contribution in [3.05, 3.63) is 0 Å². The first-order valence-electron chi connectivity index (χ1n) is 2.98. The SMILES string of the molecule is CP1(=O)OP(C)(=O)OP(C)(=O)O1. The summed E-state index contributed by atoms with van der Waals surface area (Å²) in [6.07, 6.45) is 0. The van der Waals surface area contributed by atoms with Gasteiger partial charge in [0.1, 0.15) is 0 Å². The molecule has 9 heteroatoms. The fourth-order valence-corrected chi connectivity index (χ4v) is 8.48. The van der Waals surface area contributed by atoms with E-state index in [4.69, 9.17) is 0 Å². The molecule has 0 aromatic rings. The van der Waals surface area contributed by atoms with Crippen LogP contribution >= 0.6 is 22.8 Å². The zero-order chi connectivity index (χ0) is 9.62. The van der Waals surface area contributed by atoms with E-state index in [0.29, 0.717) is 0 Å². The topological polar surface area (TPSA) is 78.9 Å². The molecule has 0 spiro atoms. The molecule has 72 valence electrons. The monoisotopic (exact) mass is 234 g/mol. The highest BCUT2D eigenvalue weighted by Crippen LogP contribution is 2.78. The number of hydrogen-bond acceptors (Lipinski definition) is 6. The van der Waals surface area contributed by atoms with E-state index in [1.807, 2.05) is 0 Å². The lowest BCUT2D eigenvalue weighted by Crippen LogP contribution is -2.01. The van der Waals surface area contributed by atoms with Gasteiger partial charge in [0.25, 0.3) is 0 Å². The summed E-state index contributed by atoms with van der Waals surface area (Å²) in [5.74, 6) is 0. The van der Waals surface area contributed by atoms with Crippen LogP contribution in [-0.2, 0) is 26.6 Å². The molecule has 0 bridgehead atoms. The molecule has 1 fully saturated rings. The summed E-state index contributed by atoms with van der Waals surface area (Å²) in [5, 5.41) is 0. The second-order valence-corrected chi connectivity index (χ2v) is 9.15. The van der Waals surface area contributed by atoms with Crippen molar-refractivity contribution in [1.29, 1.82) is 0 Å². The maximum Gasteiger partial charge on any atom is 0.341 e. The summed E-state index contributed by atoms with van der Waals surface area (Å²) in [6, 6.07) is 0. The lowest BCUT2D eigenvalue weighted by atomic mass is 12.0. The van der Waals surface area contributed by atoms with E-state index in [-0.39, 0.29) is 0 Å². The Morgan fingerprint density at radius 1 is 0.667 bits per heavy atom. The molecule has 6 nitrogen and oxygen atoms in total. The van der Waals surface area contributed by atoms with Crippen molar-refractivity contribution >= 4 is 22.8 Å². The summed E-state index contributed by atoms with van der Waals surface area (Å²) < 4.78 is 47.1. The third kappa shape index (κ3) is 2.81. The van der Waals surface area contributed by atoms with Crippen molar-refractivity contribution in [2.24, 2.45) is 0 Å². The smallest absolute Gasteiger partial charge is 0.259 e. The van der Waals surface area contributed by atoms with Crippen LogP contribution in [0.2, 0.25) is 0 Å². The van der Waals surface area contributed by atoms with Crippen molar-refractivity contribution in [3.8, 4) is 0 Å². The minimum atomic E-state index is -3.48. The van der Waals surface area contributed by atoms with E-state index >= 15 is 0 Å². The molecule has 0 aliphatic carbocycles. The second-order valence-electron chi connectivity index (χ2n) is 2.56. The molecule has 0 radical (unpaired) electrons. The van der Waals surface area contributed by atoms with Gasteiger partial charge in [0, 0.05) is 20.0 Å². The molecule has 0 N–H and O–H groups in total. The van der Waals surface area contributed by atoms with Crippen LogP contribution in [0.4, 0.5) is 0 Å². The van der Waals surface area contributed by atoms with Gasteiger partial charge in [-0.2, -0.15) is 0 Å². The van der Waals surface area contributed by atoms with E-state index < -0.39 is 22.8 Å². The summed E-state index contributed by atoms with van der Waals surface area (Å²) in [7, 11) is -10.4. The highest BCUT2D eigenvalue weighted by molar-refractivity contribution is 7.79. The van der Waals surface area contributed by atoms with Crippen molar-refractivity contribution < 1.29 is 26.6 Å². The summed E-state index contributed by atoms with van der Waals surface area (Å²) in [5.41, 5.74) is 0. The van der Waals surface area contributed by atoms with Crippen LogP contribution in [0, 0.1) is 0 Å². The zero-order valence-electron chi connectivity index (χ0n) is 6.79. The summed E-state index contributed by atoms with van der Waals surface area (Å²) in [4.78, 5) is 0. The Hall–Kier alpha value is 0.570. The Bertz CT molecular complexity index is 263. The average molecular weight is 234 g/mol. The average Bonchev–Trinajstić information content (AvgIpc) is 1.44. The molecule has 1 aliphatic heterocycles. The lowest BCUT2D eigenvalue weighted by Gasteiger charge is -2.28. The molecular formula is C3H9O6P3. The molecule has 0 atom stereocenters. The molecule has 1 aliphatic rings. The summed E-state index contributed by atoms with van der Waals surface area (Å²) >= 11 is 0. The molecule has 0 unspecified atom stereocenters. The van der Waals surface area contributed by atoms with Gasteiger partial charge in [-0.25, -0.2) is 12.9 Å². The number of rotatable bonds is 0. The normalized spacial score (nSPS) is 55.2. The largest absolute Gasteiger partial charge is 0.341 e. The van der Waals surface area contributed by atoms with Crippen LogP contribution in [0.3, 0.4) is 0 Å². The van der Waals surface area contributed by atoms with Gasteiger partial charge in [-0.3, -0.25) is 13.7 Å². The highest BCUT2D eigenvalue weighted by Gasteiger charge is 2.45. The maximum absolute atomic E-state index is 11.2.